The molecule has 1 saturated heterocycles. The van der Waals surface area contributed by atoms with Crippen molar-refractivity contribution in [1.29, 1.82) is 0 Å². The second kappa shape index (κ2) is 8.27. The fourth-order valence-corrected chi connectivity index (χ4v) is 3.60. The monoisotopic (exact) mass is 380 g/mol. The fraction of sp³-hybridized carbons (Fsp3) is 0.333. The van der Waals surface area contributed by atoms with Crippen LogP contribution in [0.15, 0.2) is 41.8 Å². The Balaban J connectivity index is 1.56. The van der Waals surface area contributed by atoms with Crippen molar-refractivity contribution in [2.24, 2.45) is 0 Å². The molecule has 1 atom stereocenters. The highest BCUT2D eigenvalue weighted by atomic mass is 32.1. The molecule has 138 valence electrons. The van der Waals surface area contributed by atoms with E-state index in [2.05, 4.69) is 10.1 Å². The van der Waals surface area contributed by atoms with Gasteiger partial charge in [0.2, 0.25) is 5.91 Å². The molecule has 1 N–H and O–H groups in total. The van der Waals surface area contributed by atoms with E-state index in [0.717, 1.165) is 12.0 Å². The highest BCUT2D eigenvalue weighted by Gasteiger charge is 2.34. The number of ether oxygens (including phenoxy) is 1. The maximum atomic E-state index is 12.5. The molecule has 0 spiro atoms. The van der Waals surface area contributed by atoms with E-state index in [0.29, 0.717) is 17.8 Å². The number of carbonyl (C=O) groups is 2. The van der Waals surface area contributed by atoms with E-state index in [1.165, 1.54) is 23.5 Å². The van der Waals surface area contributed by atoms with Crippen LogP contribution in [0, 0.1) is 0 Å². The highest BCUT2D eigenvalue weighted by molar-refractivity contribution is 7.12. The molecular formula is C18H18F2N2O3S. The first-order valence-corrected chi connectivity index (χ1v) is 9.08. The van der Waals surface area contributed by atoms with Crippen LogP contribution >= 0.6 is 11.3 Å². The van der Waals surface area contributed by atoms with Gasteiger partial charge >= 0.3 is 6.61 Å². The second-order valence-electron chi connectivity index (χ2n) is 5.87. The van der Waals surface area contributed by atoms with Crippen LogP contribution in [0.25, 0.3) is 0 Å². The minimum absolute atomic E-state index is 0.0681. The molecule has 0 radical (unpaired) electrons. The van der Waals surface area contributed by atoms with Gasteiger partial charge in [0, 0.05) is 13.1 Å². The molecule has 1 aromatic carbocycles. The maximum Gasteiger partial charge on any atom is 0.387 e. The molecule has 1 aliphatic rings. The summed E-state index contributed by atoms with van der Waals surface area (Å²) in [5.41, 5.74) is 0.758. The SMILES string of the molecule is O=C(NCc1ccc(OC(F)F)cc1)[C@@H]1CCCN1C(=O)c1cccs1. The number of likely N-dealkylation sites (tertiary alicyclic amines) is 1. The lowest BCUT2D eigenvalue weighted by Crippen LogP contribution is -2.45. The van der Waals surface area contributed by atoms with Gasteiger partial charge in [0.25, 0.3) is 5.91 Å². The van der Waals surface area contributed by atoms with Gasteiger partial charge in [-0.3, -0.25) is 9.59 Å². The number of nitrogens with one attached hydrogen (secondary N) is 1. The van der Waals surface area contributed by atoms with Crippen LogP contribution in [0.4, 0.5) is 8.78 Å². The summed E-state index contributed by atoms with van der Waals surface area (Å²) >= 11 is 1.36. The van der Waals surface area contributed by atoms with Crippen molar-refractivity contribution >= 4 is 23.2 Å². The van der Waals surface area contributed by atoms with Gasteiger partial charge in [-0.2, -0.15) is 8.78 Å². The quantitative estimate of drug-likeness (QED) is 0.837. The number of hydrogen-bond donors (Lipinski definition) is 1. The summed E-state index contributed by atoms with van der Waals surface area (Å²) in [6, 6.07) is 9.16. The summed E-state index contributed by atoms with van der Waals surface area (Å²) in [7, 11) is 0. The Bertz CT molecular complexity index is 750. The van der Waals surface area contributed by atoms with Crippen molar-refractivity contribution in [3.63, 3.8) is 0 Å². The van der Waals surface area contributed by atoms with Gasteiger partial charge in [0.15, 0.2) is 0 Å². The summed E-state index contributed by atoms with van der Waals surface area (Å²) in [6.45, 7) is -2.05. The van der Waals surface area contributed by atoms with Crippen molar-refractivity contribution in [2.75, 3.05) is 6.54 Å². The third-order valence-corrected chi connectivity index (χ3v) is 5.02. The van der Waals surface area contributed by atoms with E-state index in [1.807, 2.05) is 11.4 Å². The first-order chi connectivity index (χ1) is 12.5. The smallest absolute Gasteiger partial charge is 0.387 e. The number of nitrogens with zero attached hydrogens (tertiary/aromatic N) is 1. The molecule has 1 aromatic heterocycles. The molecule has 0 unspecified atom stereocenters. The van der Waals surface area contributed by atoms with Gasteiger partial charge in [-0.15, -0.1) is 11.3 Å². The topological polar surface area (TPSA) is 58.6 Å². The molecular weight excluding hydrogens is 362 g/mol. The van der Waals surface area contributed by atoms with Gasteiger partial charge < -0.3 is 15.0 Å². The van der Waals surface area contributed by atoms with Crippen molar-refractivity contribution < 1.29 is 23.1 Å². The predicted octanol–water partition coefficient (Wildman–Crippen LogP) is 3.27. The molecule has 5 nitrogen and oxygen atoms in total. The molecule has 1 aliphatic heterocycles. The number of hydrogen-bond acceptors (Lipinski definition) is 4. The van der Waals surface area contributed by atoms with Crippen LogP contribution in [0.3, 0.4) is 0 Å². The number of thiophene rings is 1. The number of halogens is 2. The third kappa shape index (κ3) is 4.37. The van der Waals surface area contributed by atoms with Crippen LogP contribution in [-0.2, 0) is 11.3 Å². The third-order valence-electron chi connectivity index (χ3n) is 4.16. The molecule has 8 heteroatoms. The first-order valence-electron chi connectivity index (χ1n) is 8.20. The molecule has 0 bridgehead atoms. The average Bonchev–Trinajstić information content (AvgIpc) is 3.31. The maximum absolute atomic E-state index is 12.5. The van der Waals surface area contributed by atoms with Crippen LogP contribution in [-0.4, -0.2) is 35.9 Å². The van der Waals surface area contributed by atoms with E-state index in [1.54, 1.807) is 23.1 Å². The Kier molecular flexibility index (Phi) is 5.82. The van der Waals surface area contributed by atoms with Gasteiger partial charge in [0.1, 0.15) is 11.8 Å². The average molecular weight is 380 g/mol. The van der Waals surface area contributed by atoms with Crippen LogP contribution in [0.1, 0.15) is 28.1 Å². The molecule has 0 saturated carbocycles. The molecule has 2 aromatic rings. The first kappa shape index (κ1) is 18.3. The number of amides is 2. The van der Waals surface area contributed by atoms with E-state index in [-0.39, 0.29) is 24.1 Å². The standard InChI is InChI=1S/C18H18F2N2O3S/c19-18(20)25-13-7-5-12(6-8-13)11-21-16(23)14-3-1-9-22(14)17(24)15-4-2-10-26-15/h2,4-8,10,14,18H,1,3,9,11H2,(H,21,23)/t14-/m0/s1. The Labute approximate surface area is 153 Å². The number of rotatable bonds is 6. The van der Waals surface area contributed by atoms with Gasteiger partial charge in [-0.1, -0.05) is 18.2 Å². The lowest BCUT2D eigenvalue weighted by atomic mass is 10.1. The zero-order valence-electron chi connectivity index (χ0n) is 13.9. The minimum Gasteiger partial charge on any atom is -0.435 e. The fourth-order valence-electron chi connectivity index (χ4n) is 2.92. The molecule has 0 aliphatic carbocycles. The summed E-state index contributed by atoms with van der Waals surface area (Å²) < 4.78 is 28.6. The Hall–Kier alpha value is -2.48. The Morgan fingerprint density at radius 3 is 2.69 bits per heavy atom. The van der Waals surface area contributed by atoms with E-state index < -0.39 is 12.7 Å². The van der Waals surface area contributed by atoms with E-state index in [4.69, 9.17) is 0 Å². The normalized spacial score (nSPS) is 16.7. The van der Waals surface area contributed by atoms with Crippen LogP contribution < -0.4 is 10.1 Å². The van der Waals surface area contributed by atoms with Crippen molar-refractivity contribution in [3.05, 3.63) is 52.2 Å². The molecule has 3 rings (SSSR count). The zero-order valence-corrected chi connectivity index (χ0v) is 14.7. The summed E-state index contributed by atoms with van der Waals surface area (Å²) in [4.78, 5) is 27.2. The molecule has 2 amide bonds. The Morgan fingerprint density at radius 1 is 1.27 bits per heavy atom. The van der Waals surface area contributed by atoms with Crippen LogP contribution in [0.5, 0.6) is 5.75 Å². The molecule has 26 heavy (non-hydrogen) atoms. The van der Waals surface area contributed by atoms with E-state index in [9.17, 15) is 18.4 Å². The van der Waals surface area contributed by atoms with Gasteiger partial charge in [0.05, 0.1) is 4.88 Å². The second-order valence-corrected chi connectivity index (χ2v) is 6.82. The minimum atomic E-state index is -2.87. The largest absolute Gasteiger partial charge is 0.435 e. The zero-order chi connectivity index (χ0) is 18.5. The lowest BCUT2D eigenvalue weighted by Gasteiger charge is -2.23. The summed E-state index contributed by atoms with van der Waals surface area (Å²) in [6.07, 6.45) is 1.42. The van der Waals surface area contributed by atoms with E-state index >= 15 is 0 Å². The number of benzene rings is 1. The van der Waals surface area contributed by atoms with Gasteiger partial charge in [-0.25, -0.2) is 0 Å². The molecule has 2 heterocycles. The Morgan fingerprint density at radius 2 is 2.04 bits per heavy atom. The van der Waals surface area contributed by atoms with Crippen molar-refractivity contribution in [1.82, 2.24) is 10.2 Å². The number of carbonyl (C=O) groups excluding carboxylic acids is 2. The summed E-state index contributed by atoms with van der Waals surface area (Å²) in [5, 5.41) is 4.65. The summed E-state index contributed by atoms with van der Waals surface area (Å²) in [5.74, 6) is -0.259. The van der Waals surface area contributed by atoms with Gasteiger partial charge in [-0.05, 0) is 42.0 Å². The van der Waals surface area contributed by atoms with Crippen molar-refractivity contribution in [3.8, 4) is 5.75 Å². The predicted molar refractivity (Wildman–Crippen MR) is 93.3 cm³/mol. The van der Waals surface area contributed by atoms with Crippen molar-refractivity contribution in [2.45, 2.75) is 32.0 Å². The molecule has 1 fully saturated rings. The van der Waals surface area contributed by atoms with Crippen LogP contribution in [0.2, 0.25) is 0 Å². The lowest BCUT2D eigenvalue weighted by molar-refractivity contribution is -0.125. The number of alkyl halides is 2. The highest BCUT2D eigenvalue weighted by Crippen LogP contribution is 2.22.